The average Bonchev–Trinajstić information content (AvgIpc) is 2.87. The topological polar surface area (TPSA) is 130 Å². The predicted molar refractivity (Wildman–Crippen MR) is 89.9 cm³/mol. The lowest BCUT2D eigenvalue weighted by molar-refractivity contribution is -0.146. The summed E-state index contributed by atoms with van der Waals surface area (Å²) in [6.45, 7) is 0. The summed E-state index contributed by atoms with van der Waals surface area (Å²) in [5, 5.41) is 19.3. The maximum absolute atomic E-state index is 12.9. The van der Waals surface area contributed by atoms with Crippen LogP contribution in [0.15, 0.2) is 29.3 Å². The standard InChI is InChI=1S/C18H20N2O6/c1-26-15(23)8-12(9-5-6-13(21)14(22)7-9)20-17(24)10-3-2-4-11(19)16(10)18(20)25/h5-7,11-12,21-22H,2-4,8,19H2,1H3. The summed E-state index contributed by atoms with van der Waals surface area (Å²) in [6, 6.07) is 2.43. The van der Waals surface area contributed by atoms with Crippen LogP contribution in [0.4, 0.5) is 0 Å². The van der Waals surface area contributed by atoms with Gasteiger partial charge in [-0.3, -0.25) is 19.3 Å². The highest BCUT2D eigenvalue weighted by molar-refractivity contribution is 6.20. The van der Waals surface area contributed by atoms with E-state index in [2.05, 4.69) is 4.74 Å². The molecule has 1 aromatic rings. The molecule has 8 nitrogen and oxygen atoms in total. The van der Waals surface area contributed by atoms with Gasteiger partial charge in [0.05, 0.1) is 19.6 Å². The van der Waals surface area contributed by atoms with Crippen LogP contribution in [0.3, 0.4) is 0 Å². The van der Waals surface area contributed by atoms with Crippen molar-refractivity contribution in [2.75, 3.05) is 7.11 Å². The summed E-state index contributed by atoms with van der Waals surface area (Å²) < 4.78 is 4.69. The first kappa shape index (κ1) is 17.9. The first-order valence-electron chi connectivity index (χ1n) is 8.30. The molecule has 26 heavy (non-hydrogen) atoms. The summed E-state index contributed by atoms with van der Waals surface area (Å²) >= 11 is 0. The zero-order chi connectivity index (χ0) is 19.0. The minimum Gasteiger partial charge on any atom is -0.504 e. The Hall–Kier alpha value is -2.87. The first-order valence-corrected chi connectivity index (χ1v) is 8.30. The largest absolute Gasteiger partial charge is 0.504 e. The maximum atomic E-state index is 12.9. The second kappa shape index (κ2) is 6.80. The number of nitrogens with zero attached hydrogens (tertiary/aromatic N) is 1. The van der Waals surface area contributed by atoms with Crippen LogP contribution in [0.2, 0.25) is 0 Å². The van der Waals surface area contributed by atoms with E-state index in [0.29, 0.717) is 36.0 Å². The van der Waals surface area contributed by atoms with Gasteiger partial charge in [-0.2, -0.15) is 0 Å². The van der Waals surface area contributed by atoms with E-state index in [1.165, 1.54) is 25.3 Å². The Morgan fingerprint density at radius 3 is 2.65 bits per heavy atom. The number of methoxy groups -OCH3 is 1. The summed E-state index contributed by atoms with van der Waals surface area (Å²) in [7, 11) is 1.21. The van der Waals surface area contributed by atoms with Crippen molar-refractivity contribution in [2.24, 2.45) is 5.73 Å². The highest BCUT2D eigenvalue weighted by Crippen LogP contribution is 2.39. The molecule has 2 amide bonds. The Kier molecular flexibility index (Phi) is 4.69. The van der Waals surface area contributed by atoms with Crippen LogP contribution in [-0.4, -0.2) is 46.0 Å². The van der Waals surface area contributed by atoms with Crippen molar-refractivity contribution < 1.29 is 29.3 Å². The molecule has 138 valence electrons. The van der Waals surface area contributed by atoms with E-state index in [-0.39, 0.29) is 12.2 Å². The van der Waals surface area contributed by atoms with Gasteiger partial charge in [0.25, 0.3) is 11.8 Å². The van der Waals surface area contributed by atoms with Crippen LogP contribution in [0.5, 0.6) is 11.5 Å². The molecule has 2 unspecified atom stereocenters. The zero-order valence-electron chi connectivity index (χ0n) is 14.3. The number of amides is 2. The molecule has 0 fully saturated rings. The molecule has 0 saturated carbocycles. The number of hydrogen-bond acceptors (Lipinski definition) is 7. The number of hydrogen-bond donors (Lipinski definition) is 3. The highest BCUT2D eigenvalue weighted by atomic mass is 16.5. The van der Waals surface area contributed by atoms with Crippen molar-refractivity contribution in [2.45, 2.75) is 37.8 Å². The summed E-state index contributed by atoms with van der Waals surface area (Å²) in [5.41, 5.74) is 7.06. The molecular weight excluding hydrogens is 340 g/mol. The highest BCUT2D eigenvalue weighted by Gasteiger charge is 2.46. The third kappa shape index (κ3) is 2.92. The smallest absolute Gasteiger partial charge is 0.307 e. The molecule has 8 heteroatoms. The van der Waals surface area contributed by atoms with Gasteiger partial charge in [-0.15, -0.1) is 0 Å². The number of imide groups is 1. The van der Waals surface area contributed by atoms with Gasteiger partial charge in [0.2, 0.25) is 0 Å². The molecule has 0 saturated heterocycles. The number of aromatic hydroxyl groups is 2. The molecule has 4 N–H and O–H groups in total. The van der Waals surface area contributed by atoms with Crippen LogP contribution in [-0.2, 0) is 19.1 Å². The number of nitrogens with two attached hydrogens (primary N) is 1. The fraction of sp³-hybridized carbons (Fsp3) is 0.389. The summed E-state index contributed by atoms with van der Waals surface area (Å²) in [6.07, 6.45) is 1.53. The van der Waals surface area contributed by atoms with Gasteiger partial charge >= 0.3 is 5.97 Å². The molecule has 1 aliphatic heterocycles. The molecule has 0 bridgehead atoms. The lowest BCUT2D eigenvalue weighted by atomic mass is 9.89. The van der Waals surface area contributed by atoms with E-state index < -0.39 is 35.6 Å². The van der Waals surface area contributed by atoms with Crippen molar-refractivity contribution >= 4 is 17.8 Å². The van der Waals surface area contributed by atoms with E-state index in [9.17, 15) is 24.6 Å². The number of carbonyl (C=O) groups is 3. The van der Waals surface area contributed by atoms with E-state index in [0.717, 1.165) is 4.90 Å². The van der Waals surface area contributed by atoms with Crippen LogP contribution < -0.4 is 5.73 Å². The molecule has 1 aliphatic carbocycles. The number of ether oxygens (including phenoxy) is 1. The molecule has 1 heterocycles. The van der Waals surface area contributed by atoms with E-state index >= 15 is 0 Å². The van der Waals surface area contributed by atoms with Crippen molar-refractivity contribution in [3.8, 4) is 11.5 Å². The maximum Gasteiger partial charge on any atom is 0.307 e. The summed E-state index contributed by atoms with van der Waals surface area (Å²) in [5.74, 6) is -2.35. The lowest BCUT2D eigenvalue weighted by Gasteiger charge is -2.27. The minimum absolute atomic E-state index is 0.270. The van der Waals surface area contributed by atoms with Gasteiger partial charge in [-0.1, -0.05) is 6.07 Å². The Balaban J connectivity index is 2.02. The molecule has 1 aromatic carbocycles. The van der Waals surface area contributed by atoms with Gasteiger partial charge < -0.3 is 20.7 Å². The van der Waals surface area contributed by atoms with Gasteiger partial charge in [-0.25, -0.2) is 0 Å². The molecule has 0 spiro atoms. The van der Waals surface area contributed by atoms with Gasteiger partial charge in [0.1, 0.15) is 0 Å². The fourth-order valence-electron chi connectivity index (χ4n) is 3.51. The van der Waals surface area contributed by atoms with Crippen LogP contribution in [0, 0.1) is 0 Å². The van der Waals surface area contributed by atoms with Crippen molar-refractivity contribution in [1.29, 1.82) is 0 Å². The van der Waals surface area contributed by atoms with Gasteiger partial charge in [0.15, 0.2) is 11.5 Å². The average molecular weight is 360 g/mol. The van der Waals surface area contributed by atoms with Gasteiger partial charge in [-0.05, 0) is 37.0 Å². The van der Waals surface area contributed by atoms with Crippen molar-refractivity contribution in [3.05, 3.63) is 34.9 Å². The number of carbonyl (C=O) groups excluding carboxylic acids is 3. The zero-order valence-corrected chi connectivity index (χ0v) is 14.3. The molecule has 0 radical (unpaired) electrons. The van der Waals surface area contributed by atoms with Gasteiger partial charge in [0, 0.05) is 17.2 Å². The first-order chi connectivity index (χ1) is 12.3. The Morgan fingerprint density at radius 1 is 1.31 bits per heavy atom. The van der Waals surface area contributed by atoms with Crippen molar-refractivity contribution in [1.82, 2.24) is 4.90 Å². The third-order valence-corrected chi connectivity index (χ3v) is 4.85. The number of phenols is 2. The second-order valence-corrected chi connectivity index (χ2v) is 6.42. The normalized spacial score (nSPS) is 21.0. The monoisotopic (exact) mass is 360 g/mol. The van der Waals surface area contributed by atoms with E-state index in [1.807, 2.05) is 0 Å². The second-order valence-electron chi connectivity index (χ2n) is 6.42. The number of phenolic OH excluding ortho intramolecular Hbond substituents is 2. The SMILES string of the molecule is COC(=O)CC(c1ccc(O)c(O)c1)N1C(=O)C2=C(C1=O)C(N)CCC2. The molecule has 2 aliphatic rings. The quantitative estimate of drug-likeness (QED) is 0.413. The Bertz CT molecular complexity index is 816. The molecule has 2 atom stereocenters. The molecule has 3 rings (SSSR count). The Morgan fingerprint density at radius 2 is 2.04 bits per heavy atom. The van der Waals surface area contributed by atoms with E-state index in [1.54, 1.807) is 0 Å². The third-order valence-electron chi connectivity index (χ3n) is 4.85. The van der Waals surface area contributed by atoms with Crippen LogP contribution in [0.1, 0.15) is 37.3 Å². The fourth-order valence-corrected chi connectivity index (χ4v) is 3.51. The molecular formula is C18H20N2O6. The Labute approximate surface area is 149 Å². The van der Waals surface area contributed by atoms with Crippen LogP contribution in [0.25, 0.3) is 0 Å². The number of rotatable bonds is 4. The lowest BCUT2D eigenvalue weighted by Crippen LogP contribution is -2.38. The van der Waals surface area contributed by atoms with E-state index in [4.69, 9.17) is 5.73 Å². The molecule has 0 aromatic heterocycles. The van der Waals surface area contributed by atoms with Crippen LogP contribution >= 0.6 is 0 Å². The number of benzene rings is 1. The summed E-state index contributed by atoms with van der Waals surface area (Å²) in [4.78, 5) is 38.6. The number of esters is 1. The van der Waals surface area contributed by atoms with Crippen molar-refractivity contribution in [3.63, 3.8) is 0 Å². The minimum atomic E-state index is -0.966. The predicted octanol–water partition coefficient (Wildman–Crippen LogP) is 0.879.